The highest BCUT2D eigenvalue weighted by Gasteiger charge is 2.08. The molecule has 0 spiro atoms. The summed E-state index contributed by atoms with van der Waals surface area (Å²) in [7, 11) is 0. The molecule has 0 aliphatic heterocycles. The maximum atomic E-state index is 13.2. The lowest BCUT2D eigenvalue weighted by Gasteiger charge is -2.15. The van der Waals surface area contributed by atoms with Gasteiger partial charge in [-0.1, -0.05) is 0 Å². The lowest BCUT2D eigenvalue weighted by atomic mass is 10.3. The second-order valence-electron chi connectivity index (χ2n) is 3.20. The van der Waals surface area contributed by atoms with Crippen LogP contribution in [-0.4, -0.2) is 25.9 Å². The van der Waals surface area contributed by atoms with Gasteiger partial charge in [-0.05, 0) is 35.0 Å². The molecule has 90 valence electrons. The van der Waals surface area contributed by atoms with E-state index in [0.29, 0.717) is 30.0 Å². The van der Waals surface area contributed by atoms with Crippen molar-refractivity contribution in [3.8, 4) is 5.75 Å². The number of rotatable bonds is 6. The summed E-state index contributed by atoms with van der Waals surface area (Å²) in [5.41, 5.74) is 5.49. The monoisotopic (exact) mass is 291 g/mol. The number of hydrogen-bond acceptors (Lipinski definition) is 3. The highest BCUT2D eigenvalue weighted by atomic mass is 79.9. The molecule has 2 N–H and O–H groups in total. The van der Waals surface area contributed by atoms with Crippen molar-refractivity contribution in [1.82, 2.24) is 0 Å². The first kappa shape index (κ1) is 13.4. The average molecular weight is 292 g/mol. The molecule has 0 bridgehead atoms. The summed E-state index contributed by atoms with van der Waals surface area (Å²) in [6.07, 6.45) is -0.156. The maximum absolute atomic E-state index is 13.2. The largest absolute Gasteiger partial charge is 0.491 e. The van der Waals surface area contributed by atoms with Crippen LogP contribution < -0.4 is 10.5 Å². The van der Waals surface area contributed by atoms with E-state index in [9.17, 15) is 4.39 Å². The van der Waals surface area contributed by atoms with Gasteiger partial charge >= 0.3 is 0 Å². The van der Waals surface area contributed by atoms with Gasteiger partial charge in [0, 0.05) is 19.2 Å². The van der Waals surface area contributed by atoms with Crippen molar-refractivity contribution in [2.75, 3.05) is 19.8 Å². The van der Waals surface area contributed by atoms with E-state index in [2.05, 4.69) is 15.9 Å². The Morgan fingerprint density at radius 2 is 2.25 bits per heavy atom. The zero-order chi connectivity index (χ0) is 12.0. The molecule has 1 aromatic carbocycles. The fraction of sp³-hybridized carbons (Fsp3) is 0.455. The van der Waals surface area contributed by atoms with Crippen molar-refractivity contribution in [3.63, 3.8) is 0 Å². The van der Waals surface area contributed by atoms with Crippen LogP contribution in [0.4, 0.5) is 4.39 Å². The van der Waals surface area contributed by atoms with Crippen LogP contribution in [-0.2, 0) is 4.74 Å². The van der Waals surface area contributed by atoms with Crippen molar-refractivity contribution in [2.45, 2.75) is 13.0 Å². The van der Waals surface area contributed by atoms with Gasteiger partial charge in [-0.25, -0.2) is 4.39 Å². The number of nitrogens with two attached hydrogens (primary N) is 1. The third kappa shape index (κ3) is 4.08. The van der Waals surface area contributed by atoms with E-state index in [1.807, 2.05) is 6.92 Å². The van der Waals surface area contributed by atoms with Crippen molar-refractivity contribution in [3.05, 3.63) is 28.5 Å². The molecule has 1 atom stereocenters. The Hall–Kier alpha value is -0.650. The summed E-state index contributed by atoms with van der Waals surface area (Å²) >= 11 is 3.07. The molecule has 3 nitrogen and oxygen atoms in total. The molecule has 1 rings (SSSR count). The van der Waals surface area contributed by atoms with Crippen LogP contribution in [0.5, 0.6) is 5.75 Å². The highest BCUT2D eigenvalue weighted by Crippen LogP contribution is 2.20. The van der Waals surface area contributed by atoms with Crippen LogP contribution in [0.1, 0.15) is 6.92 Å². The van der Waals surface area contributed by atoms with E-state index < -0.39 is 0 Å². The molecule has 0 saturated carbocycles. The SMILES string of the molecule is CCOC(CN)COc1ccc(Br)c(F)c1. The highest BCUT2D eigenvalue weighted by molar-refractivity contribution is 9.10. The third-order valence-corrected chi connectivity index (χ3v) is 2.64. The fourth-order valence-electron chi connectivity index (χ4n) is 1.18. The predicted octanol–water partition coefficient (Wildman–Crippen LogP) is 2.33. The third-order valence-electron chi connectivity index (χ3n) is 1.99. The van der Waals surface area contributed by atoms with Gasteiger partial charge in [-0.15, -0.1) is 0 Å². The lowest BCUT2D eigenvalue weighted by Crippen LogP contribution is -2.30. The number of ether oxygens (including phenoxy) is 2. The van der Waals surface area contributed by atoms with E-state index in [1.54, 1.807) is 12.1 Å². The van der Waals surface area contributed by atoms with Gasteiger partial charge in [0.05, 0.1) is 4.47 Å². The first-order chi connectivity index (χ1) is 7.67. The minimum absolute atomic E-state index is 0.156. The minimum Gasteiger partial charge on any atom is -0.491 e. The van der Waals surface area contributed by atoms with Gasteiger partial charge in [-0.2, -0.15) is 0 Å². The standard InChI is InChI=1S/C11H15BrFNO2/c1-2-15-9(6-14)7-16-8-3-4-10(12)11(13)5-8/h3-5,9H,2,6-7,14H2,1H3. The summed E-state index contributed by atoms with van der Waals surface area (Å²) in [6, 6.07) is 4.61. The average Bonchev–Trinajstić information content (AvgIpc) is 2.28. The topological polar surface area (TPSA) is 44.5 Å². The molecule has 0 saturated heterocycles. The Labute approximate surface area is 103 Å². The molecule has 16 heavy (non-hydrogen) atoms. The number of halogens is 2. The Bertz CT molecular complexity index is 336. The lowest BCUT2D eigenvalue weighted by molar-refractivity contribution is 0.0336. The Morgan fingerprint density at radius 1 is 1.50 bits per heavy atom. The zero-order valence-electron chi connectivity index (χ0n) is 9.08. The van der Waals surface area contributed by atoms with Gasteiger partial charge in [0.1, 0.15) is 24.3 Å². The molecule has 1 aromatic rings. The van der Waals surface area contributed by atoms with E-state index in [1.165, 1.54) is 6.07 Å². The van der Waals surface area contributed by atoms with Crippen molar-refractivity contribution in [2.24, 2.45) is 5.73 Å². The van der Waals surface area contributed by atoms with Crippen LogP contribution in [0.2, 0.25) is 0 Å². The molecule has 0 fully saturated rings. The summed E-state index contributed by atoms with van der Waals surface area (Å²) in [6.45, 7) is 3.18. The second-order valence-corrected chi connectivity index (χ2v) is 4.05. The maximum Gasteiger partial charge on any atom is 0.141 e. The fourth-order valence-corrected chi connectivity index (χ4v) is 1.42. The van der Waals surface area contributed by atoms with Crippen LogP contribution in [0.25, 0.3) is 0 Å². The van der Waals surface area contributed by atoms with Crippen molar-refractivity contribution in [1.29, 1.82) is 0 Å². The molecule has 1 unspecified atom stereocenters. The van der Waals surface area contributed by atoms with Crippen LogP contribution in [0, 0.1) is 5.82 Å². The summed E-state index contributed by atoms with van der Waals surface area (Å²) in [5.74, 6) is 0.122. The van der Waals surface area contributed by atoms with Gasteiger partial charge < -0.3 is 15.2 Å². The molecule has 0 aromatic heterocycles. The van der Waals surface area contributed by atoms with Gasteiger partial charge in [-0.3, -0.25) is 0 Å². The molecular formula is C11H15BrFNO2. The minimum atomic E-state index is -0.349. The van der Waals surface area contributed by atoms with E-state index in [0.717, 1.165) is 0 Å². The number of benzene rings is 1. The molecule has 0 radical (unpaired) electrons. The summed E-state index contributed by atoms with van der Waals surface area (Å²) in [5, 5.41) is 0. The Morgan fingerprint density at radius 3 is 2.81 bits per heavy atom. The molecule has 0 aliphatic rings. The van der Waals surface area contributed by atoms with Crippen molar-refractivity contribution < 1.29 is 13.9 Å². The number of hydrogen-bond donors (Lipinski definition) is 1. The van der Waals surface area contributed by atoms with E-state index in [-0.39, 0.29) is 11.9 Å². The van der Waals surface area contributed by atoms with Crippen LogP contribution in [0.3, 0.4) is 0 Å². The predicted molar refractivity (Wildman–Crippen MR) is 64.1 cm³/mol. The molecule has 0 heterocycles. The summed E-state index contributed by atoms with van der Waals surface area (Å²) in [4.78, 5) is 0. The van der Waals surface area contributed by atoms with Gasteiger partial charge in [0.15, 0.2) is 0 Å². The Balaban J connectivity index is 2.50. The second kappa shape index (κ2) is 6.83. The van der Waals surface area contributed by atoms with E-state index >= 15 is 0 Å². The van der Waals surface area contributed by atoms with E-state index in [4.69, 9.17) is 15.2 Å². The first-order valence-electron chi connectivity index (χ1n) is 5.07. The molecule has 5 heteroatoms. The first-order valence-corrected chi connectivity index (χ1v) is 5.86. The molecule has 0 amide bonds. The molecule has 0 aliphatic carbocycles. The summed E-state index contributed by atoms with van der Waals surface area (Å²) < 4.78 is 24.3. The zero-order valence-corrected chi connectivity index (χ0v) is 10.7. The smallest absolute Gasteiger partial charge is 0.141 e. The Kier molecular flexibility index (Phi) is 5.73. The van der Waals surface area contributed by atoms with Crippen LogP contribution in [0.15, 0.2) is 22.7 Å². The van der Waals surface area contributed by atoms with Crippen molar-refractivity contribution >= 4 is 15.9 Å². The quantitative estimate of drug-likeness (QED) is 0.875. The van der Waals surface area contributed by atoms with Gasteiger partial charge in [0.2, 0.25) is 0 Å². The normalized spacial score (nSPS) is 12.5. The van der Waals surface area contributed by atoms with Crippen LogP contribution >= 0.6 is 15.9 Å². The molecular weight excluding hydrogens is 277 g/mol. The van der Waals surface area contributed by atoms with Gasteiger partial charge in [0.25, 0.3) is 0 Å².